The van der Waals surface area contributed by atoms with Gasteiger partial charge in [-0.05, 0) is 50.0 Å². The van der Waals surface area contributed by atoms with Crippen LogP contribution in [0.3, 0.4) is 0 Å². The summed E-state index contributed by atoms with van der Waals surface area (Å²) in [4.78, 5) is 4.04. The molecule has 3 nitrogen and oxygen atoms in total. The van der Waals surface area contributed by atoms with Crippen molar-refractivity contribution in [3.8, 4) is 0 Å². The highest BCUT2D eigenvalue weighted by molar-refractivity contribution is 7.80. The summed E-state index contributed by atoms with van der Waals surface area (Å²) in [6.45, 7) is 11.0. The molecular weight excluding hydrogens is 242 g/mol. The summed E-state index contributed by atoms with van der Waals surface area (Å²) in [5, 5.41) is 7.13. The molecule has 1 aromatic heterocycles. The maximum Gasteiger partial charge on any atom is 0.171 e. The molecule has 0 aromatic carbocycles. The zero-order valence-corrected chi connectivity index (χ0v) is 12.7. The third-order valence-electron chi connectivity index (χ3n) is 2.34. The molecule has 1 aromatic rings. The molecule has 0 radical (unpaired) electrons. The van der Waals surface area contributed by atoms with Crippen molar-refractivity contribution in [2.45, 2.75) is 46.6 Å². The summed E-state index contributed by atoms with van der Waals surface area (Å²) in [7, 11) is 0. The number of thiocarbonyl (C=S) groups is 1. The third kappa shape index (κ3) is 5.96. The van der Waals surface area contributed by atoms with Gasteiger partial charge < -0.3 is 10.6 Å². The Hall–Kier alpha value is -1.16. The molecule has 0 atom stereocenters. The van der Waals surface area contributed by atoms with E-state index in [4.69, 9.17) is 12.2 Å². The molecule has 2 N–H and O–H groups in total. The summed E-state index contributed by atoms with van der Waals surface area (Å²) >= 11 is 5.32. The Morgan fingerprint density at radius 1 is 1.28 bits per heavy atom. The molecule has 0 unspecified atom stereocenters. The van der Waals surface area contributed by atoms with E-state index in [0.29, 0.717) is 5.11 Å². The Kier molecular flexibility index (Phi) is 4.68. The third-order valence-corrected chi connectivity index (χ3v) is 2.55. The smallest absolute Gasteiger partial charge is 0.171 e. The number of pyridine rings is 1. The largest absolute Gasteiger partial charge is 0.358 e. The topological polar surface area (TPSA) is 37.0 Å². The van der Waals surface area contributed by atoms with Crippen LogP contribution >= 0.6 is 12.2 Å². The van der Waals surface area contributed by atoms with Crippen LogP contribution < -0.4 is 10.6 Å². The highest BCUT2D eigenvalue weighted by atomic mass is 32.1. The molecule has 0 saturated heterocycles. The van der Waals surface area contributed by atoms with E-state index in [-0.39, 0.29) is 11.0 Å². The van der Waals surface area contributed by atoms with Gasteiger partial charge in [0.2, 0.25) is 0 Å². The monoisotopic (exact) mass is 265 g/mol. The molecule has 0 aliphatic rings. The molecule has 0 saturated carbocycles. The molecular formula is C14H23N3S. The average molecular weight is 265 g/mol. The minimum absolute atomic E-state index is 0.0372. The molecule has 1 heterocycles. The van der Waals surface area contributed by atoms with Gasteiger partial charge in [0.15, 0.2) is 5.11 Å². The fourth-order valence-electron chi connectivity index (χ4n) is 2.28. The first-order valence-corrected chi connectivity index (χ1v) is 6.58. The van der Waals surface area contributed by atoms with E-state index in [0.717, 1.165) is 12.1 Å². The van der Waals surface area contributed by atoms with Crippen molar-refractivity contribution in [1.29, 1.82) is 0 Å². The fourth-order valence-corrected chi connectivity index (χ4v) is 2.67. The van der Waals surface area contributed by atoms with Crippen molar-refractivity contribution < 1.29 is 0 Å². The zero-order chi connectivity index (χ0) is 13.8. The highest BCUT2D eigenvalue weighted by Gasteiger charge is 2.25. The normalized spacial score (nSPS) is 12.1. The summed E-state index contributed by atoms with van der Waals surface area (Å²) in [5.74, 6) is 0. The summed E-state index contributed by atoms with van der Waals surface area (Å²) in [5.41, 5.74) is 1.13. The molecule has 0 aliphatic carbocycles. The van der Waals surface area contributed by atoms with Crippen LogP contribution in [0.25, 0.3) is 0 Å². The van der Waals surface area contributed by atoms with Crippen molar-refractivity contribution in [2.75, 3.05) is 5.32 Å². The van der Waals surface area contributed by atoms with Gasteiger partial charge in [-0.25, -0.2) is 0 Å². The Morgan fingerprint density at radius 3 is 2.44 bits per heavy atom. The SMILES string of the molecule is CC(C)(C)CC(C)(C)NC(=S)Nc1cccnc1. The average Bonchev–Trinajstić information content (AvgIpc) is 2.13. The lowest BCUT2D eigenvalue weighted by molar-refractivity contribution is 0.268. The van der Waals surface area contributed by atoms with E-state index in [2.05, 4.69) is 50.2 Å². The standard InChI is InChI=1S/C14H23N3S/c1-13(2,3)10-14(4,5)17-12(18)16-11-7-6-8-15-9-11/h6-9H,10H2,1-5H3,(H2,16,17,18). The first-order valence-electron chi connectivity index (χ1n) is 6.17. The van der Waals surface area contributed by atoms with Crippen LogP contribution in [-0.2, 0) is 0 Å². The summed E-state index contributed by atoms with van der Waals surface area (Å²) in [6, 6.07) is 3.82. The van der Waals surface area contributed by atoms with Crippen LogP contribution in [0.1, 0.15) is 41.0 Å². The summed E-state index contributed by atoms with van der Waals surface area (Å²) in [6.07, 6.45) is 4.53. The number of rotatable bonds is 3. The molecule has 18 heavy (non-hydrogen) atoms. The number of nitrogens with zero attached hydrogens (tertiary/aromatic N) is 1. The van der Waals surface area contributed by atoms with Crippen LogP contribution in [0, 0.1) is 5.41 Å². The minimum atomic E-state index is -0.0372. The molecule has 0 aliphatic heterocycles. The first-order chi connectivity index (χ1) is 8.18. The molecule has 100 valence electrons. The van der Waals surface area contributed by atoms with Crippen LogP contribution in [-0.4, -0.2) is 15.6 Å². The Bertz CT molecular complexity index is 393. The van der Waals surface area contributed by atoms with Gasteiger partial charge in [0.25, 0.3) is 0 Å². The molecule has 0 fully saturated rings. The van der Waals surface area contributed by atoms with E-state index in [1.165, 1.54) is 0 Å². The fraction of sp³-hybridized carbons (Fsp3) is 0.571. The van der Waals surface area contributed by atoms with Gasteiger partial charge in [0, 0.05) is 11.7 Å². The Balaban J connectivity index is 2.54. The van der Waals surface area contributed by atoms with E-state index < -0.39 is 0 Å². The van der Waals surface area contributed by atoms with Crippen molar-refractivity contribution in [3.05, 3.63) is 24.5 Å². The minimum Gasteiger partial charge on any atom is -0.358 e. The Morgan fingerprint density at radius 2 is 1.94 bits per heavy atom. The molecule has 0 spiro atoms. The predicted molar refractivity (Wildman–Crippen MR) is 81.7 cm³/mol. The number of nitrogens with one attached hydrogen (secondary N) is 2. The molecule has 0 amide bonds. The van der Waals surface area contributed by atoms with Crippen LogP contribution in [0.15, 0.2) is 24.5 Å². The lowest BCUT2D eigenvalue weighted by atomic mass is 9.82. The van der Waals surface area contributed by atoms with Crippen LogP contribution in [0.4, 0.5) is 5.69 Å². The van der Waals surface area contributed by atoms with Crippen LogP contribution in [0.2, 0.25) is 0 Å². The second-order valence-electron chi connectivity index (χ2n) is 6.44. The van der Waals surface area contributed by atoms with E-state index in [9.17, 15) is 0 Å². The van der Waals surface area contributed by atoms with Gasteiger partial charge in [-0.3, -0.25) is 4.98 Å². The molecule has 0 bridgehead atoms. The lowest BCUT2D eigenvalue weighted by Crippen LogP contribution is -2.47. The van der Waals surface area contributed by atoms with Gasteiger partial charge in [-0.1, -0.05) is 20.8 Å². The highest BCUT2D eigenvalue weighted by Crippen LogP contribution is 2.26. The second kappa shape index (κ2) is 5.65. The van der Waals surface area contributed by atoms with Crippen molar-refractivity contribution in [3.63, 3.8) is 0 Å². The van der Waals surface area contributed by atoms with Gasteiger partial charge in [-0.2, -0.15) is 0 Å². The summed E-state index contributed by atoms with van der Waals surface area (Å²) < 4.78 is 0. The molecule has 4 heteroatoms. The van der Waals surface area contributed by atoms with Crippen molar-refractivity contribution in [1.82, 2.24) is 10.3 Å². The van der Waals surface area contributed by atoms with Crippen LogP contribution in [0.5, 0.6) is 0 Å². The number of hydrogen-bond donors (Lipinski definition) is 2. The zero-order valence-electron chi connectivity index (χ0n) is 11.9. The van der Waals surface area contributed by atoms with Crippen molar-refractivity contribution in [2.24, 2.45) is 5.41 Å². The van der Waals surface area contributed by atoms with Gasteiger partial charge in [0.05, 0.1) is 11.9 Å². The number of hydrogen-bond acceptors (Lipinski definition) is 2. The van der Waals surface area contributed by atoms with Crippen molar-refractivity contribution >= 4 is 23.0 Å². The number of aromatic nitrogens is 1. The van der Waals surface area contributed by atoms with Gasteiger partial charge in [-0.15, -0.1) is 0 Å². The maximum atomic E-state index is 5.32. The van der Waals surface area contributed by atoms with Gasteiger partial charge in [0.1, 0.15) is 0 Å². The quantitative estimate of drug-likeness (QED) is 0.819. The lowest BCUT2D eigenvalue weighted by Gasteiger charge is -2.34. The second-order valence-corrected chi connectivity index (χ2v) is 6.85. The van der Waals surface area contributed by atoms with Gasteiger partial charge >= 0.3 is 0 Å². The van der Waals surface area contributed by atoms with E-state index in [1.807, 2.05) is 12.1 Å². The van der Waals surface area contributed by atoms with E-state index >= 15 is 0 Å². The molecule has 1 rings (SSSR count). The van der Waals surface area contributed by atoms with E-state index in [1.54, 1.807) is 12.4 Å². The maximum absolute atomic E-state index is 5.32. The predicted octanol–water partition coefficient (Wildman–Crippen LogP) is 3.58. The number of anilines is 1. The first kappa shape index (κ1) is 14.9. The Labute approximate surface area is 115 Å².